The van der Waals surface area contributed by atoms with Gasteiger partial charge in [0.05, 0.1) is 75.7 Å². The molecular formula is C39H66ClN9O8. The third-order valence-electron chi connectivity index (χ3n) is 12.8. The molecule has 2 aliphatic carbocycles. The van der Waals surface area contributed by atoms with E-state index in [1.807, 2.05) is 0 Å². The van der Waals surface area contributed by atoms with Crippen LogP contribution in [0.15, 0.2) is 0 Å². The molecule has 2 saturated carbocycles. The third kappa shape index (κ3) is 11.5. The fraction of sp³-hybridized carbons (Fsp3) is 0.872. The lowest BCUT2D eigenvalue weighted by Gasteiger charge is -2.46. The summed E-state index contributed by atoms with van der Waals surface area (Å²) < 4.78 is 16.9. The van der Waals surface area contributed by atoms with Crippen LogP contribution in [-0.2, 0) is 38.2 Å². The molecule has 6 rings (SSSR count). The van der Waals surface area contributed by atoms with Crippen molar-refractivity contribution in [2.75, 3.05) is 65.8 Å². The van der Waals surface area contributed by atoms with Crippen molar-refractivity contribution in [2.45, 2.75) is 132 Å². The Hall–Kier alpha value is -2.32. The Balaban J connectivity index is 0.750. The fourth-order valence-corrected chi connectivity index (χ4v) is 10.0. The zero-order chi connectivity index (χ0) is 40.3. The summed E-state index contributed by atoms with van der Waals surface area (Å²) in [6.07, 6.45) is 9.28. The first-order chi connectivity index (χ1) is 27.7. The van der Waals surface area contributed by atoms with Crippen molar-refractivity contribution in [3.05, 3.63) is 0 Å². The van der Waals surface area contributed by atoms with Gasteiger partial charge in [0.2, 0.25) is 29.5 Å². The lowest BCUT2D eigenvalue weighted by atomic mass is 9.77. The molecule has 322 valence electrons. The van der Waals surface area contributed by atoms with Crippen LogP contribution in [-0.4, -0.2) is 153 Å². The number of nitrogens with one attached hydrogen (secondary N) is 7. The second kappa shape index (κ2) is 21.8. The molecule has 0 aromatic rings. The molecule has 10 atom stereocenters. The normalized spacial score (nSPS) is 33.2. The highest BCUT2D eigenvalue weighted by Crippen LogP contribution is 2.40. The molecule has 0 spiro atoms. The summed E-state index contributed by atoms with van der Waals surface area (Å²) in [6.45, 7) is 9.00. The number of piperidine rings is 1. The van der Waals surface area contributed by atoms with Crippen LogP contribution in [0.3, 0.4) is 0 Å². The van der Waals surface area contributed by atoms with Crippen LogP contribution in [0, 0.1) is 17.8 Å². The number of carbonyl (C=O) groups excluding carboxylic acids is 5. The predicted octanol–water partition coefficient (Wildman–Crippen LogP) is -0.321. The highest BCUT2D eigenvalue weighted by molar-refractivity contribution is 6.21. The molecule has 57 heavy (non-hydrogen) atoms. The van der Waals surface area contributed by atoms with E-state index in [0.29, 0.717) is 83.2 Å². The van der Waals surface area contributed by atoms with E-state index < -0.39 is 23.8 Å². The van der Waals surface area contributed by atoms with Crippen molar-refractivity contribution >= 4 is 41.1 Å². The number of ether oxygens (including phenoxy) is 3. The van der Waals surface area contributed by atoms with Gasteiger partial charge in [0.25, 0.3) is 0 Å². The molecule has 7 N–H and O–H groups in total. The molecule has 0 radical (unpaired) electrons. The Labute approximate surface area is 341 Å². The monoisotopic (exact) mass is 823 g/mol. The van der Waals surface area contributed by atoms with E-state index in [0.717, 1.165) is 62.8 Å². The molecule has 4 saturated heterocycles. The average Bonchev–Trinajstić information content (AvgIpc) is 3.89. The molecule has 17 nitrogen and oxygen atoms in total. The van der Waals surface area contributed by atoms with Gasteiger partial charge in [-0.05, 0) is 50.9 Å². The number of halogens is 1. The van der Waals surface area contributed by atoms with Gasteiger partial charge >= 0.3 is 0 Å². The molecule has 8 unspecified atom stereocenters. The largest absolute Gasteiger partial charge is 0.378 e. The van der Waals surface area contributed by atoms with Gasteiger partial charge in [-0.15, -0.1) is 11.6 Å². The van der Waals surface area contributed by atoms with E-state index in [4.69, 9.17) is 25.8 Å². The van der Waals surface area contributed by atoms with Gasteiger partial charge in [0.1, 0.15) is 6.04 Å². The Morgan fingerprint density at radius 1 is 0.860 bits per heavy atom. The number of rotatable bonds is 22. The first-order valence-corrected chi connectivity index (χ1v) is 22.0. The second-order valence-electron chi connectivity index (χ2n) is 16.4. The van der Waals surface area contributed by atoms with Crippen molar-refractivity contribution in [3.63, 3.8) is 0 Å². The minimum atomic E-state index is -0.911. The number of alkyl halides is 1. The SMILES string of the molecule is CCC(CC)C1CC(N[C@H]2CC[C@H](NCC(=O)NCCOCCOCCOCCNC3CCCC4C(=O)N(C5CCC(=O)NC5=O)C(=O)C34)C2)N2NCC(Cl)C2N1. The first-order valence-electron chi connectivity index (χ1n) is 21.5. The summed E-state index contributed by atoms with van der Waals surface area (Å²) in [5.74, 6) is -1.93. The van der Waals surface area contributed by atoms with Crippen LogP contribution in [0.2, 0.25) is 0 Å². The van der Waals surface area contributed by atoms with Crippen molar-refractivity contribution in [1.82, 2.24) is 47.2 Å². The summed E-state index contributed by atoms with van der Waals surface area (Å²) in [5, 5.41) is 22.1. The highest BCUT2D eigenvalue weighted by atomic mass is 35.5. The molecule has 5 amide bonds. The lowest BCUT2D eigenvalue weighted by molar-refractivity contribution is -0.151. The van der Waals surface area contributed by atoms with Crippen LogP contribution in [0.25, 0.3) is 0 Å². The number of hydrazine groups is 1. The molecule has 18 heteroatoms. The van der Waals surface area contributed by atoms with Crippen LogP contribution in [0.1, 0.15) is 84.5 Å². The number of fused-ring (bicyclic) bond motifs is 2. The smallest absolute Gasteiger partial charge is 0.249 e. The molecule has 6 fully saturated rings. The molecule has 0 aromatic heterocycles. The van der Waals surface area contributed by atoms with E-state index in [1.54, 1.807) is 0 Å². The maximum Gasteiger partial charge on any atom is 0.249 e. The van der Waals surface area contributed by atoms with Crippen molar-refractivity contribution in [1.29, 1.82) is 0 Å². The highest BCUT2D eigenvalue weighted by Gasteiger charge is 2.55. The number of amides is 5. The maximum absolute atomic E-state index is 13.3. The average molecular weight is 824 g/mol. The Morgan fingerprint density at radius 3 is 2.32 bits per heavy atom. The third-order valence-corrected chi connectivity index (χ3v) is 13.2. The zero-order valence-corrected chi connectivity index (χ0v) is 34.5. The van der Waals surface area contributed by atoms with E-state index >= 15 is 0 Å². The number of imide groups is 2. The Bertz CT molecular complexity index is 1380. The number of carbonyl (C=O) groups is 5. The molecule has 4 heterocycles. The fourth-order valence-electron chi connectivity index (χ4n) is 9.78. The van der Waals surface area contributed by atoms with E-state index in [2.05, 4.69) is 56.2 Å². The van der Waals surface area contributed by atoms with Gasteiger partial charge in [0, 0.05) is 50.2 Å². The standard InChI is InChI=1S/C39H66ClN9O8/c1-3-24(4-2)30-21-32(49-36(46-30)28(40)22-44-49)45-26-9-8-25(20-26)43-23-34(51)42-13-15-56-17-19-57-18-16-55-14-12-41-29-7-5-6-27-35(29)39(54)48(38(27)53)31-10-11-33(50)47-37(31)52/h24-32,35-36,41,43-46H,3-23H2,1-2H3,(H,42,51)(H,47,50,52)/t25-,26-,27?,28?,29?,30?,31?,32?,35?,36?/m0/s1. The van der Waals surface area contributed by atoms with Gasteiger partial charge in [-0.2, -0.15) is 0 Å². The van der Waals surface area contributed by atoms with Crippen LogP contribution < -0.4 is 37.3 Å². The topological polar surface area (TPSA) is 204 Å². The Morgan fingerprint density at radius 2 is 1.58 bits per heavy atom. The number of nitrogens with zero attached hydrogens (tertiary/aromatic N) is 2. The first kappa shape index (κ1) is 44.2. The van der Waals surface area contributed by atoms with E-state index in [-0.39, 0.29) is 66.8 Å². The number of likely N-dealkylation sites (tertiary alicyclic amines) is 1. The number of hydrogen-bond donors (Lipinski definition) is 7. The predicted molar refractivity (Wildman–Crippen MR) is 211 cm³/mol. The minimum absolute atomic E-state index is 0.0395. The van der Waals surface area contributed by atoms with Crippen LogP contribution in [0.4, 0.5) is 0 Å². The second-order valence-corrected chi connectivity index (χ2v) is 17.0. The molecular weight excluding hydrogens is 758 g/mol. The molecule has 6 aliphatic rings. The summed E-state index contributed by atoms with van der Waals surface area (Å²) >= 11 is 6.68. The van der Waals surface area contributed by atoms with Gasteiger partial charge in [-0.25, -0.2) is 5.01 Å². The molecule has 0 aromatic carbocycles. The molecule has 0 bridgehead atoms. The minimum Gasteiger partial charge on any atom is -0.378 e. The molecule has 4 aliphatic heterocycles. The number of hydrogen-bond acceptors (Lipinski definition) is 14. The van der Waals surface area contributed by atoms with E-state index in [1.165, 1.54) is 0 Å². The summed E-state index contributed by atoms with van der Waals surface area (Å²) in [5.41, 5.74) is 3.51. The lowest BCUT2D eigenvalue weighted by Crippen LogP contribution is -2.67. The van der Waals surface area contributed by atoms with Crippen molar-refractivity contribution in [2.24, 2.45) is 17.8 Å². The van der Waals surface area contributed by atoms with Crippen LogP contribution >= 0.6 is 11.6 Å². The quantitative estimate of drug-likeness (QED) is 0.0425. The van der Waals surface area contributed by atoms with E-state index in [9.17, 15) is 24.0 Å². The Kier molecular flexibility index (Phi) is 16.9. The van der Waals surface area contributed by atoms with Gasteiger partial charge in [-0.3, -0.25) is 50.2 Å². The van der Waals surface area contributed by atoms with Crippen LogP contribution in [0.5, 0.6) is 0 Å². The maximum atomic E-state index is 13.3. The van der Waals surface area contributed by atoms with Gasteiger partial charge < -0.3 is 30.2 Å². The summed E-state index contributed by atoms with van der Waals surface area (Å²) in [6, 6.07) is 0.0541. The van der Waals surface area contributed by atoms with Gasteiger partial charge in [0.15, 0.2) is 0 Å². The van der Waals surface area contributed by atoms with Crippen molar-refractivity contribution in [3.8, 4) is 0 Å². The summed E-state index contributed by atoms with van der Waals surface area (Å²) in [7, 11) is 0. The summed E-state index contributed by atoms with van der Waals surface area (Å²) in [4.78, 5) is 64.0. The van der Waals surface area contributed by atoms with Crippen molar-refractivity contribution < 1.29 is 38.2 Å². The van der Waals surface area contributed by atoms with Gasteiger partial charge in [-0.1, -0.05) is 33.1 Å². The zero-order valence-electron chi connectivity index (χ0n) is 33.7.